The van der Waals surface area contributed by atoms with Crippen molar-refractivity contribution >= 4 is 11.7 Å². The zero-order valence-corrected chi connectivity index (χ0v) is 9.64. The van der Waals surface area contributed by atoms with Gasteiger partial charge < -0.3 is 4.74 Å². The third-order valence-electron chi connectivity index (χ3n) is 2.17. The molecule has 1 aromatic heterocycles. The summed E-state index contributed by atoms with van der Waals surface area (Å²) in [7, 11) is 0. The predicted octanol–water partition coefficient (Wildman–Crippen LogP) is 1.44. The molecule has 0 amide bonds. The van der Waals surface area contributed by atoms with Crippen molar-refractivity contribution in [2.75, 3.05) is 6.61 Å². The molecule has 0 aliphatic carbocycles. The molecule has 0 N–H and O–H groups in total. The second-order valence-electron chi connectivity index (χ2n) is 3.31. The van der Waals surface area contributed by atoms with Crippen LogP contribution in [0.2, 0.25) is 0 Å². The number of nitrogens with zero attached hydrogens (tertiary/aromatic N) is 3. The molecule has 0 spiro atoms. The lowest BCUT2D eigenvalue weighted by Crippen LogP contribution is -2.20. The largest absolute Gasteiger partial charge is 0.462 e. The maximum Gasteiger partial charge on any atom is 0.363 e. The quantitative estimate of drug-likeness (QED) is 0.455. The summed E-state index contributed by atoms with van der Waals surface area (Å²) in [4.78, 5) is 21.2. The number of aryl methyl sites for hydroxylation is 1. The predicted molar refractivity (Wildman–Crippen MR) is 55.1 cm³/mol. The molecular weight excluding hydrogens is 233 g/mol. The van der Waals surface area contributed by atoms with Gasteiger partial charge in [-0.1, -0.05) is 0 Å². The fourth-order valence-corrected chi connectivity index (χ4v) is 1.45. The minimum Gasteiger partial charge on any atom is -0.462 e. The van der Waals surface area contributed by atoms with Crippen LogP contribution in [0, 0.1) is 24.0 Å². The highest BCUT2D eigenvalue weighted by Gasteiger charge is 2.30. The molecule has 0 bridgehead atoms. The van der Waals surface area contributed by atoms with Gasteiger partial charge in [0, 0.05) is 0 Å². The minimum absolute atomic E-state index is 0.0203. The Morgan fingerprint density at radius 2 is 2.24 bits per heavy atom. The van der Waals surface area contributed by atoms with Crippen LogP contribution < -0.4 is 0 Å². The van der Waals surface area contributed by atoms with Crippen molar-refractivity contribution < 1.29 is 18.8 Å². The number of nitro groups is 1. The molecule has 1 unspecified atom stereocenters. The first kappa shape index (κ1) is 13.1. The van der Waals surface area contributed by atoms with E-state index in [9.17, 15) is 19.3 Å². The number of alkyl halides is 1. The molecule has 0 aliphatic heterocycles. The number of carbonyl (C=O) groups is 1. The van der Waals surface area contributed by atoms with Gasteiger partial charge in [-0.3, -0.25) is 10.1 Å². The summed E-state index contributed by atoms with van der Waals surface area (Å²) in [6.07, 6.45) is -2.16. The van der Waals surface area contributed by atoms with Crippen molar-refractivity contribution in [3.05, 3.63) is 21.5 Å². The number of rotatable bonds is 4. The Kier molecular flexibility index (Phi) is 3.77. The van der Waals surface area contributed by atoms with Crippen molar-refractivity contribution in [3.63, 3.8) is 0 Å². The summed E-state index contributed by atoms with van der Waals surface area (Å²) in [5, 5.41) is 14.3. The first-order valence-electron chi connectivity index (χ1n) is 4.91. The van der Waals surface area contributed by atoms with E-state index in [1.807, 2.05) is 0 Å². The average Bonchev–Trinajstić information content (AvgIpc) is 2.53. The number of carbonyl (C=O) groups excluding carboxylic acids is 1. The number of halogens is 1. The average molecular weight is 245 g/mol. The Morgan fingerprint density at radius 3 is 2.65 bits per heavy atom. The van der Waals surface area contributed by atoms with Gasteiger partial charge in [-0.25, -0.2) is 13.9 Å². The van der Waals surface area contributed by atoms with E-state index < -0.39 is 17.2 Å². The minimum atomic E-state index is -2.16. The van der Waals surface area contributed by atoms with Crippen molar-refractivity contribution in [3.8, 4) is 0 Å². The van der Waals surface area contributed by atoms with Gasteiger partial charge in [0.25, 0.3) is 6.30 Å². The van der Waals surface area contributed by atoms with Crippen molar-refractivity contribution in [2.24, 2.45) is 0 Å². The van der Waals surface area contributed by atoms with Gasteiger partial charge in [-0.15, -0.1) is 0 Å². The van der Waals surface area contributed by atoms with Gasteiger partial charge in [0.05, 0.1) is 11.5 Å². The summed E-state index contributed by atoms with van der Waals surface area (Å²) < 4.78 is 18.8. The molecule has 0 saturated carbocycles. The Labute approximate surface area is 96.3 Å². The Balaban J connectivity index is 3.12. The van der Waals surface area contributed by atoms with Gasteiger partial charge in [0.2, 0.25) is 0 Å². The molecular formula is C9H12FN3O4. The maximum atomic E-state index is 13.6. The molecule has 0 aromatic carbocycles. The summed E-state index contributed by atoms with van der Waals surface area (Å²) >= 11 is 0. The monoisotopic (exact) mass is 245 g/mol. The van der Waals surface area contributed by atoms with E-state index in [-0.39, 0.29) is 23.7 Å². The number of ether oxygens (including phenoxy) is 1. The highest BCUT2D eigenvalue weighted by molar-refractivity contribution is 5.72. The maximum absolute atomic E-state index is 13.6. The van der Waals surface area contributed by atoms with Crippen LogP contribution >= 0.6 is 0 Å². The first-order chi connectivity index (χ1) is 7.90. The van der Waals surface area contributed by atoms with Gasteiger partial charge in [-0.2, -0.15) is 5.10 Å². The molecule has 17 heavy (non-hydrogen) atoms. The SMILES string of the molecule is CCOC(=O)C(F)n1nc(C)c([N+](=O)[O-])c1C. The molecule has 8 heteroatoms. The standard InChI is InChI=1S/C9H12FN3O4/c1-4-17-9(14)8(10)12-6(3)7(13(15)16)5(2)11-12/h8H,4H2,1-3H3. The molecule has 1 rings (SSSR count). The molecule has 7 nitrogen and oxygen atoms in total. The van der Waals surface area contributed by atoms with Crippen LogP contribution in [-0.2, 0) is 9.53 Å². The molecule has 0 saturated heterocycles. The van der Waals surface area contributed by atoms with Gasteiger partial charge in [0.15, 0.2) is 0 Å². The third-order valence-corrected chi connectivity index (χ3v) is 2.17. The van der Waals surface area contributed by atoms with E-state index in [1.165, 1.54) is 20.8 Å². The lowest BCUT2D eigenvalue weighted by molar-refractivity contribution is -0.386. The smallest absolute Gasteiger partial charge is 0.363 e. The summed E-state index contributed by atoms with van der Waals surface area (Å²) in [6, 6.07) is 0. The second-order valence-corrected chi connectivity index (χ2v) is 3.31. The zero-order chi connectivity index (χ0) is 13.2. The lowest BCUT2D eigenvalue weighted by Gasteiger charge is -2.08. The first-order valence-corrected chi connectivity index (χ1v) is 4.91. The topological polar surface area (TPSA) is 87.3 Å². The fraction of sp³-hybridized carbons (Fsp3) is 0.556. The normalized spacial score (nSPS) is 12.2. The van der Waals surface area contributed by atoms with E-state index in [4.69, 9.17) is 0 Å². The molecule has 94 valence electrons. The molecule has 0 aliphatic rings. The van der Waals surface area contributed by atoms with Gasteiger partial charge in [0.1, 0.15) is 11.4 Å². The summed E-state index contributed by atoms with van der Waals surface area (Å²) in [5.41, 5.74) is -0.260. The molecule has 1 heterocycles. The third kappa shape index (κ3) is 2.40. The van der Waals surface area contributed by atoms with E-state index in [0.29, 0.717) is 4.68 Å². The van der Waals surface area contributed by atoms with Crippen molar-refractivity contribution in [1.82, 2.24) is 9.78 Å². The Bertz CT molecular complexity index is 457. The lowest BCUT2D eigenvalue weighted by atomic mass is 10.3. The van der Waals surface area contributed by atoms with Crippen LogP contribution in [0.1, 0.15) is 24.6 Å². The summed E-state index contributed by atoms with van der Waals surface area (Å²) in [5.74, 6) is -1.12. The summed E-state index contributed by atoms with van der Waals surface area (Å²) in [6.45, 7) is 4.26. The van der Waals surface area contributed by atoms with E-state index in [1.54, 1.807) is 0 Å². The van der Waals surface area contributed by atoms with E-state index in [0.717, 1.165) is 0 Å². The Hall–Kier alpha value is -1.99. The molecule has 1 aromatic rings. The zero-order valence-electron chi connectivity index (χ0n) is 9.64. The van der Waals surface area contributed by atoms with Crippen LogP contribution in [0.3, 0.4) is 0 Å². The highest BCUT2D eigenvalue weighted by Crippen LogP contribution is 2.25. The highest BCUT2D eigenvalue weighted by atomic mass is 19.1. The Morgan fingerprint density at radius 1 is 1.65 bits per heavy atom. The van der Waals surface area contributed by atoms with Crippen LogP contribution in [-0.4, -0.2) is 27.3 Å². The van der Waals surface area contributed by atoms with Crippen LogP contribution in [0.4, 0.5) is 10.1 Å². The van der Waals surface area contributed by atoms with Gasteiger partial charge in [-0.05, 0) is 20.8 Å². The van der Waals surface area contributed by atoms with Crippen LogP contribution in [0.5, 0.6) is 0 Å². The number of hydrogen-bond acceptors (Lipinski definition) is 5. The van der Waals surface area contributed by atoms with E-state index >= 15 is 0 Å². The van der Waals surface area contributed by atoms with Crippen molar-refractivity contribution in [1.29, 1.82) is 0 Å². The number of esters is 1. The molecule has 0 fully saturated rings. The molecule has 1 atom stereocenters. The fourth-order valence-electron chi connectivity index (χ4n) is 1.45. The van der Waals surface area contributed by atoms with Crippen LogP contribution in [0.15, 0.2) is 0 Å². The molecule has 0 radical (unpaired) electrons. The van der Waals surface area contributed by atoms with Crippen LogP contribution in [0.25, 0.3) is 0 Å². The van der Waals surface area contributed by atoms with Crippen molar-refractivity contribution in [2.45, 2.75) is 27.1 Å². The van der Waals surface area contributed by atoms with Gasteiger partial charge >= 0.3 is 11.7 Å². The number of hydrogen-bond donors (Lipinski definition) is 0. The number of aromatic nitrogens is 2. The van der Waals surface area contributed by atoms with E-state index in [2.05, 4.69) is 9.84 Å². The second kappa shape index (κ2) is 4.89.